The Balaban J connectivity index is 2.44. The Labute approximate surface area is 114 Å². The summed E-state index contributed by atoms with van der Waals surface area (Å²) in [7, 11) is 0. The van der Waals surface area contributed by atoms with E-state index in [1.165, 1.54) is 0 Å². The molecule has 0 radical (unpaired) electrons. The quantitative estimate of drug-likeness (QED) is 0.779. The minimum Gasteiger partial charge on any atom is -0.233 e. The van der Waals surface area contributed by atoms with E-state index < -0.39 is 0 Å². The van der Waals surface area contributed by atoms with Gasteiger partial charge in [-0.15, -0.1) is 0 Å². The van der Waals surface area contributed by atoms with Crippen LogP contribution in [-0.4, -0.2) is 9.97 Å². The smallest absolute Gasteiger partial charge is 0.133 e. The lowest BCUT2D eigenvalue weighted by Gasteiger charge is -2.05. The van der Waals surface area contributed by atoms with Crippen LogP contribution in [0.3, 0.4) is 0 Å². The Morgan fingerprint density at radius 1 is 1.24 bits per heavy atom. The fraction of sp³-hybridized carbons (Fsp3) is 0.231. The van der Waals surface area contributed by atoms with Crippen molar-refractivity contribution in [3.63, 3.8) is 0 Å². The van der Waals surface area contributed by atoms with Crippen LogP contribution in [0.5, 0.6) is 0 Å². The van der Waals surface area contributed by atoms with Crippen molar-refractivity contribution in [2.24, 2.45) is 0 Å². The summed E-state index contributed by atoms with van der Waals surface area (Å²) in [5, 5.41) is 0.499. The van der Waals surface area contributed by atoms with Crippen molar-refractivity contribution in [2.45, 2.75) is 19.8 Å². The van der Waals surface area contributed by atoms with Crippen molar-refractivity contribution >= 4 is 27.5 Å². The molecule has 0 aliphatic carbocycles. The zero-order chi connectivity index (χ0) is 12.3. The van der Waals surface area contributed by atoms with Gasteiger partial charge in [-0.1, -0.05) is 46.6 Å². The second-order valence-corrected chi connectivity index (χ2v) is 5.06. The average Bonchev–Trinajstić information content (AvgIpc) is 2.28. The first-order valence-corrected chi connectivity index (χ1v) is 6.65. The average molecular weight is 312 g/mol. The lowest BCUT2D eigenvalue weighted by molar-refractivity contribution is 0.836. The molecule has 1 aromatic carbocycles. The molecule has 0 fully saturated rings. The molecule has 0 aliphatic heterocycles. The minimum absolute atomic E-state index is 0.499. The van der Waals surface area contributed by atoms with Crippen LogP contribution in [0.25, 0.3) is 11.3 Å². The van der Waals surface area contributed by atoms with Gasteiger partial charge in [-0.05, 0) is 18.6 Å². The highest BCUT2D eigenvalue weighted by Crippen LogP contribution is 2.23. The topological polar surface area (TPSA) is 25.8 Å². The molecule has 0 saturated carbocycles. The van der Waals surface area contributed by atoms with Crippen molar-refractivity contribution in [2.75, 3.05) is 0 Å². The van der Waals surface area contributed by atoms with E-state index in [1.54, 1.807) is 6.07 Å². The number of benzene rings is 1. The van der Waals surface area contributed by atoms with Crippen LogP contribution < -0.4 is 0 Å². The van der Waals surface area contributed by atoms with E-state index in [-0.39, 0.29) is 0 Å². The van der Waals surface area contributed by atoms with Crippen LogP contribution in [0.4, 0.5) is 0 Å². The standard InChI is InChI=1S/C13H12BrClN2/c1-2-4-13-16-11(8-12(15)17-13)9-5-3-6-10(14)7-9/h3,5-8H,2,4H2,1H3. The molecular weight excluding hydrogens is 300 g/mol. The molecular formula is C13H12BrClN2. The summed E-state index contributed by atoms with van der Waals surface area (Å²) < 4.78 is 1.03. The van der Waals surface area contributed by atoms with Crippen LogP contribution in [0.2, 0.25) is 5.15 Å². The summed E-state index contributed by atoms with van der Waals surface area (Å²) in [5.41, 5.74) is 1.91. The van der Waals surface area contributed by atoms with Crippen LogP contribution in [0.1, 0.15) is 19.2 Å². The first-order chi connectivity index (χ1) is 8.19. The van der Waals surface area contributed by atoms with E-state index in [4.69, 9.17) is 11.6 Å². The largest absolute Gasteiger partial charge is 0.233 e. The molecule has 0 N–H and O–H groups in total. The van der Waals surface area contributed by atoms with Crippen molar-refractivity contribution in [3.05, 3.63) is 45.8 Å². The summed E-state index contributed by atoms with van der Waals surface area (Å²) >= 11 is 9.46. The van der Waals surface area contributed by atoms with Gasteiger partial charge in [-0.25, -0.2) is 9.97 Å². The SMILES string of the molecule is CCCc1nc(Cl)cc(-c2cccc(Br)c2)n1. The van der Waals surface area contributed by atoms with E-state index >= 15 is 0 Å². The first kappa shape index (κ1) is 12.5. The molecule has 1 aromatic heterocycles. The summed E-state index contributed by atoms with van der Waals surface area (Å²) in [6.45, 7) is 2.10. The molecule has 0 unspecified atom stereocenters. The second kappa shape index (κ2) is 5.61. The van der Waals surface area contributed by atoms with E-state index in [0.717, 1.165) is 34.4 Å². The molecule has 4 heteroatoms. The Hall–Kier alpha value is -0.930. The molecule has 0 saturated heterocycles. The molecule has 2 rings (SSSR count). The maximum atomic E-state index is 6.01. The number of aromatic nitrogens is 2. The second-order valence-electron chi connectivity index (χ2n) is 3.75. The van der Waals surface area contributed by atoms with Gasteiger partial charge in [0.15, 0.2) is 0 Å². The van der Waals surface area contributed by atoms with Crippen LogP contribution >= 0.6 is 27.5 Å². The Morgan fingerprint density at radius 2 is 2.06 bits per heavy atom. The van der Waals surface area contributed by atoms with Gasteiger partial charge in [0.05, 0.1) is 5.69 Å². The molecule has 0 atom stereocenters. The molecule has 2 nitrogen and oxygen atoms in total. The van der Waals surface area contributed by atoms with Crippen molar-refractivity contribution in [3.8, 4) is 11.3 Å². The molecule has 17 heavy (non-hydrogen) atoms. The fourth-order valence-corrected chi connectivity index (χ4v) is 2.20. The van der Waals surface area contributed by atoms with Gasteiger partial charge in [-0.2, -0.15) is 0 Å². The number of halogens is 2. The minimum atomic E-state index is 0.499. The number of aryl methyl sites for hydroxylation is 1. The Bertz CT molecular complexity index is 529. The third-order valence-corrected chi connectivity index (χ3v) is 3.02. The number of hydrogen-bond donors (Lipinski definition) is 0. The van der Waals surface area contributed by atoms with E-state index in [2.05, 4.69) is 32.8 Å². The van der Waals surface area contributed by atoms with Gasteiger partial charge < -0.3 is 0 Å². The van der Waals surface area contributed by atoms with Gasteiger partial charge in [0.2, 0.25) is 0 Å². The molecule has 0 bridgehead atoms. The lowest BCUT2D eigenvalue weighted by Crippen LogP contribution is -1.96. The fourth-order valence-electron chi connectivity index (χ4n) is 1.60. The summed E-state index contributed by atoms with van der Waals surface area (Å²) in [6, 6.07) is 9.80. The van der Waals surface area contributed by atoms with E-state index in [9.17, 15) is 0 Å². The van der Waals surface area contributed by atoms with Crippen LogP contribution in [0.15, 0.2) is 34.8 Å². The number of rotatable bonds is 3. The van der Waals surface area contributed by atoms with Crippen molar-refractivity contribution < 1.29 is 0 Å². The molecule has 2 aromatic rings. The van der Waals surface area contributed by atoms with E-state index in [0.29, 0.717) is 5.15 Å². The lowest BCUT2D eigenvalue weighted by atomic mass is 10.1. The highest BCUT2D eigenvalue weighted by atomic mass is 79.9. The predicted octanol–water partition coefficient (Wildman–Crippen LogP) is 4.51. The highest BCUT2D eigenvalue weighted by Gasteiger charge is 2.05. The number of hydrogen-bond acceptors (Lipinski definition) is 2. The Morgan fingerprint density at radius 3 is 2.76 bits per heavy atom. The van der Waals surface area contributed by atoms with Gasteiger partial charge >= 0.3 is 0 Å². The van der Waals surface area contributed by atoms with Gasteiger partial charge in [0, 0.05) is 22.5 Å². The van der Waals surface area contributed by atoms with Crippen molar-refractivity contribution in [1.29, 1.82) is 0 Å². The van der Waals surface area contributed by atoms with Gasteiger partial charge in [-0.3, -0.25) is 0 Å². The van der Waals surface area contributed by atoms with Gasteiger partial charge in [0.1, 0.15) is 11.0 Å². The zero-order valence-corrected chi connectivity index (χ0v) is 11.8. The first-order valence-electron chi connectivity index (χ1n) is 5.48. The maximum Gasteiger partial charge on any atom is 0.133 e. The Kier molecular flexibility index (Phi) is 4.13. The molecule has 0 amide bonds. The third-order valence-electron chi connectivity index (χ3n) is 2.34. The summed E-state index contributed by atoms with van der Waals surface area (Å²) in [4.78, 5) is 8.73. The normalized spacial score (nSPS) is 10.5. The molecule has 0 spiro atoms. The van der Waals surface area contributed by atoms with Gasteiger partial charge in [0.25, 0.3) is 0 Å². The summed E-state index contributed by atoms with van der Waals surface area (Å²) in [5.74, 6) is 0.801. The summed E-state index contributed by atoms with van der Waals surface area (Å²) in [6.07, 6.45) is 1.86. The third kappa shape index (κ3) is 3.27. The number of nitrogens with zero attached hydrogens (tertiary/aromatic N) is 2. The zero-order valence-electron chi connectivity index (χ0n) is 9.45. The van der Waals surface area contributed by atoms with Crippen molar-refractivity contribution in [1.82, 2.24) is 9.97 Å². The van der Waals surface area contributed by atoms with E-state index in [1.807, 2.05) is 24.3 Å². The van der Waals surface area contributed by atoms with Crippen LogP contribution in [0, 0.1) is 0 Å². The monoisotopic (exact) mass is 310 g/mol. The molecule has 88 valence electrons. The maximum absolute atomic E-state index is 6.01. The molecule has 1 heterocycles. The molecule has 0 aliphatic rings. The van der Waals surface area contributed by atoms with Crippen LogP contribution in [-0.2, 0) is 6.42 Å². The highest BCUT2D eigenvalue weighted by molar-refractivity contribution is 9.10. The predicted molar refractivity (Wildman–Crippen MR) is 74.2 cm³/mol.